The fraction of sp³-hybridized carbons (Fsp3) is 0. The lowest BCUT2D eigenvalue weighted by molar-refractivity contribution is 0.112. The number of carbonyl (C=O) groups is 1. The van der Waals surface area contributed by atoms with E-state index >= 15 is 0 Å². The minimum absolute atomic E-state index is 0.674. The summed E-state index contributed by atoms with van der Waals surface area (Å²) < 4.78 is 3.90. The second-order valence-corrected chi connectivity index (χ2v) is 3.27. The van der Waals surface area contributed by atoms with Gasteiger partial charge < -0.3 is 0 Å². The second kappa shape index (κ2) is 3.45. The minimum Gasteiger partial charge on any atom is -0.298 e. The molecule has 0 saturated carbocycles. The van der Waals surface area contributed by atoms with Crippen molar-refractivity contribution in [1.29, 1.82) is 0 Å². The quantitative estimate of drug-likeness (QED) is 0.680. The molecule has 64 valence electrons. The molecule has 0 aliphatic carbocycles. The highest BCUT2D eigenvalue weighted by Crippen LogP contribution is 2.19. The Kier molecular flexibility index (Phi) is 2.14. The molecule has 0 atom stereocenters. The maximum Gasteiger partial charge on any atom is 0.150 e. The summed E-state index contributed by atoms with van der Waals surface area (Å²) in [6.07, 6.45) is 2.34. The molecule has 1 aromatic heterocycles. The first-order chi connectivity index (χ1) is 6.40. The van der Waals surface area contributed by atoms with Gasteiger partial charge in [-0.25, -0.2) is 4.98 Å². The van der Waals surface area contributed by atoms with E-state index in [9.17, 15) is 4.79 Å². The average molecular weight is 190 g/mol. The van der Waals surface area contributed by atoms with E-state index in [1.807, 2.05) is 12.1 Å². The summed E-state index contributed by atoms with van der Waals surface area (Å²) in [5.74, 6) is 0. The fourth-order valence-corrected chi connectivity index (χ4v) is 1.53. The first kappa shape index (κ1) is 8.07. The van der Waals surface area contributed by atoms with Crippen LogP contribution in [0.4, 0.5) is 0 Å². The molecule has 0 fully saturated rings. The van der Waals surface area contributed by atoms with Gasteiger partial charge in [0.2, 0.25) is 0 Å². The lowest BCUT2D eigenvalue weighted by atomic mass is 10.2. The van der Waals surface area contributed by atoms with Crippen molar-refractivity contribution in [3.05, 3.63) is 36.2 Å². The summed E-state index contributed by atoms with van der Waals surface area (Å²) in [4.78, 5) is 14.4. The van der Waals surface area contributed by atoms with Crippen molar-refractivity contribution in [1.82, 2.24) is 9.36 Å². The lowest BCUT2D eigenvalue weighted by Gasteiger charge is -1.94. The Hall–Kier alpha value is -1.55. The molecular formula is C9H6N2OS. The van der Waals surface area contributed by atoms with E-state index in [0.29, 0.717) is 5.56 Å². The molecular weight excluding hydrogens is 184 g/mol. The molecule has 0 bridgehead atoms. The number of benzene rings is 1. The molecule has 4 heteroatoms. The maximum atomic E-state index is 10.4. The van der Waals surface area contributed by atoms with E-state index in [-0.39, 0.29) is 0 Å². The summed E-state index contributed by atoms with van der Waals surface area (Å²) in [6.45, 7) is 0. The number of hydrogen-bond donors (Lipinski definition) is 0. The zero-order valence-electron chi connectivity index (χ0n) is 6.68. The average Bonchev–Trinajstić information content (AvgIpc) is 2.71. The largest absolute Gasteiger partial charge is 0.298 e. The third-order valence-electron chi connectivity index (χ3n) is 1.66. The zero-order chi connectivity index (χ0) is 9.10. The van der Waals surface area contributed by atoms with E-state index in [1.165, 1.54) is 17.9 Å². The van der Waals surface area contributed by atoms with E-state index < -0.39 is 0 Å². The molecule has 0 saturated heterocycles. The highest BCUT2D eigenvalue weighted by atomic mass is 32.1. The van der Waals surface area contributed by atoms with Gasteiger partial charge in [-0.15, -0.1) is 0 Å². The van der Waals surface area contributed by atoms with Gasteiger partial charge in [0.25, 0.3) is 0 Å². The molecule has 13 heavy (non-hydrogen) atoms. The third-order valence-corrected chi connectivity index (χ3v) is 2.37. The topological polar surface area (TPSA) is 42.9 Å². The van der Waals surface area contributed by atoms with Crippen LogP contribution in [0.2, 0.25) is 0 Å². The van der Waals surface area contributed by atoms with Crippen molar-refractivity contribution < 1.29 is 4.79 Å². The first-order valence-electron chi connectivity index (χ1n) is 3.72. The standard InChI is InChI=1S/C9H6N2OS/c12-5-7-1-3-8(4-2-7)9-10-6-11-13-9/h1-6H. The molecule has 2 rings (SSSR count). The number of nitrogens with zero attached hydrogens (tertiary/aromatic N) is 2. The van der Waals surface area contributed by atoms with Gasteiger partial charge in [-0.2, -0.15) is 4.37 Å². The second-order valence-electron chi connectivity index (χ2n) is 2.49. The minimum atomic E-state index is 0.674. The van der Waals surface area contributed by atoms with Crippen LogP contribution >= 0.6 is 11.5 Å². The van der Waals surface area contributed by atoms with Crippen LogP contribution in [-0.2, 0) is 0 Å². The molecule has 0 N–H and O–H groups in total. The van der Waals surface area contributed by atoms with Crippen LogP contribution in [0, 0.1) is 0 Å². The van der Waals surface area contributed by atoms with Crippen molar-refractivity contribution >= 4 is 17.8 Å². The Morgan fingerprint density at radius 1 is 1.23 bits per heavy atom. The van der Waals surface area contributed by atoms with Gasteiger partial charge in [-0.3, -0.25) is 4.79 Å². The van der Waals surface area contributed by atoms with Crippen molar-refractivity contribution in [2.24, 2.45) is 0 Å². The van der Waals surface area contributed by atoms with Gasteiger partial charge >= 0.3 is 0 Å². The normalized spacial score (nSPS) is 9.85. The Morgan fingerprint density at radius 3 is 2.54 bits per heavy atom. The Labute approximate surface area is 79.2 Å². The SMILES string of the molecule is O=Cc1ccc(-c2ncns2)cc1. The molecule has 1 aromatic carbocycles. The number of hydrogen-bond acceptors (Lipinski definition) is 4. The van der Waals surface area contributed by atoms with Gasteiger partial charge in [0.1, 0.15) is 17.6 Å². The molecule has 2 aromatic rings. The Morgan fingerprint density at radius 2 is 2.00 bits per heavy atom. The smallest absolute Gasteiger partial charge is 0.150 e. The van der Waals surface area contributed by atoms with Crippen LogP contribution in [0.25, 0.3) is 10.6 Å². The number of aromatic nitrogens is 2. The van der Waals surface area contributed by atoms with Crippen molar-refractivity contribution in [3.8, 4) is 10.6 Å². The maximum absolute atomic E-state index is 10.4. The third kappa shape index (κ3) is 1.62. The van der Waals surface area contributed by atoms with Crippen molar-refractivity contribution in [3.63, 3.8) is 0 Å². The van der Waals surface area contributed by atoms with Gasteiger partial charge in [0.15, 0.2) is 0 Å². The van der Waals surface area contributed by atoms with Crippen LogP contribution in [-0.4, -0.2) is 15.6 Å². The van der Waals surface area contributed by atoms with E-state index in [0.717, 1.165) is 16.9 Å². The van der Waals surface area contributed by atoms with Gasteiger partial charge in [-0.1, -0.05) is 24.3 Å². The molecule has 3 nitrogen and oxygen atoms in total. The van der Waals surface area contributed by atoms with Crippen molar-refractivity contribution in [2.75, 3.05) is 0 Å². The summed E-state index contributed by atoms with van der Waals surface area (Å²) in [7, 11) is 0. The van der Waals surface area contributed by atoms with E-state index in [2.05, 4.69) is 9.36 Å². The predicted molar refractivity (Wildman–Crippen MR) is 50.7 cm³/mol. The van der Waals surface area contributed by atoms with E-state index in [4.69, 9.17) is 0 Å². The van der Waals surface area contributed by atoms with Gasteiger partial charge in [0.05, 0.1) is 0 Å². The number of rotatable bonds is 2. The molecule has 0 amide bonds. The fourth-order valence-electron chi connectivity index (χ4n) is 1.00. The molecule has 1 heterocycles. The highest BCUT2D eigenvalue weighted by Gasteiger charge is 1.99. The van der Waals surface area contributed by atoms with Crippen LogP contribution in [0.1, 0.15) is 10.4 Å². The highest BCUT2D eigenvalue weighted by molar-refractivity contribution is 7.09. The van der Waals surface area contributed by atoms with Gasteiger partial charge in [-0.05, 0) is 11.5 Å². The van der Waals surface area contributed by atoms with Crippen LogP contribution in [0.5, 0.6) is 0 Å². The van der Waals surface area contributed by atoms with Crippen molar-refractivity contribution in [2.45, 2.75) is 0 Å². The predicted octanol–water partition coefficient (Wildman–Crippen LogP) is 2.02. The molecule has 0 aliphatic heterocycles. The monoisotopic (exact) mass is 190 g/mol. The summed E-state index contributed by atoms with van der Waals surface area (Å²) in [6, 6.07) is 7.27. The summed E-state index contributed by atoms with van der Waals surface area (Å²) >= 11 is 1.34. The number of aldehydes is 1. The van der Waals surface area contributed by atoms with Gasteiger partial charge in [0, 0.05) is 11.1 Å². The molecule has 0 unspecified atom stereocenters. The van der Waals surface area contributed by atoms with Crippen LogP contribution in [0.15, 0.2) is 30.6 Å². The zero-order valence-corrected chi connectivity index (χ0v) is 7.49. The van der Waals surface area contributed by atoms with Crippen LogP contribution in [0.3, 0.4) is 0 Å². The Bertz CT molecular complexity index is 394. The first-order valence-corrected chi connectivity index (χ1v) is 4.50. The molecule has 0 aliphatic rings. The molecule has 0 radical (unpaired) electrons. The van der Waals surface area contributed by atoms with Crippen LogP contribution < -0.4 is 0 Å². The lowest BCUT2D eigenvalue weighted by Crippen LogP contribution is -1.79. The Balaban J connectivity index is 2.38. The summed E-state index contributed by atoms with van der Waals surface area (Å²) in [5.41, 5.74) is 1.67. The molecule has 0 spiro atoms. The van der Waals surface area contributed by atoms with E-state index in [1.54, 1.807) is 12.1 Å². The number of carbonyl (C=O) groups excluding carboxylic acids is 1. The summed E-state index contributed by atoms with van der Waals surface area (Å²) in [5, 5.41) is 0.873.